The number of para-hydroxylation sites is 1. The third-order valence-corrected chi connectivity index (χ3v) is 4.38. The quantitative estimate of drug-likeness (QED) is 0.900. The normalized spacial score (nSPS) is 16.6. The van der Waals surface area contributed by atoms with Crippen molar-refractivity contribution in [3.63, 3.8) is 0 Å². The molecular weight excluding hydrogens is 294 g/mol. The molecule has 0 saturated carbocycles. The summed E-state index contributed by atoms with van der Waals surface area (Å²) in [6.45, 7) is 0.948. The van der Waals surface area contributed by atoms with E-state index >= 15 is 0 Å². The van der Waals surface area contributed by atoms with Gasteiger partial charge in [0.1, 0.15) is 6.04 Å². The van der Waals surface area contributed by atoms with Crippen molar-refractivity contribution in [1.82, 2.24) is 0 Å². The molecule has 23 heavy (non-hydrogen) atoms. The molecule has 1 heterocycles. The van der Waals surface area contributed by atoms with Crippen molar-refractivity contribution < 1.29 is 24.6 Å². The first-order chi connectivity index (χ1) is 11.2. The van der Waals surface area contributed by atoms with E-state index in [1.165, 1.54) is 5.56 Å². The zero-order valence-corrected chi connectivity index (χ0v) is 13.6. The van der Waals surface area contributed by atoms with E-state index in [9.17, 15) is 5.11 Å². The predicted molar refractivity (Wildman–Crippen MR) is 86.5 cm³/mol. The molecule has 0 aliphatic carbocycles. The van der Waals surface area contributed by atoms with Crippen LogP contribution >= 0.6 is 0 Å². The van der Waals surface area contributed by atoms with Gasteiger partial charge in [-0.05, 0) is 29.8 Å². The first-order valence-corrected chi connectivity index (χ1v) is 7.63. The molecule has 0 fully saturated rings. The number of fused-ring (bicyclic) bond motifs is 1. The Labute approximate surface area is 135 Å². The summed E-state index contributed by atoms with van der Waals surface area (Å²) >= 11 is 0. The number of benzene rings is 2. The summed E-state index contributed by atoms with van der Waals surface area (Å²) in [5.41, 5.74) is 3.20. The highest BCUT2D eigenvalue weighted by molar-refractivity contribution is 5.54. The van der Waals surface area contributed by atoms with Gasteiger partial charge in [-0.15, -0.1) is 0 Å². The van der Waals surface area contributed by atoms with Gasteiger partial charge in [0, 0.05) is 12.0 Å². The largest absolute Gasteiger partial charge is 0.504 e. The second-order valence-corrected chi connectivity index (χ2v) is 5.56. The Morgan fingerprint density at radius 1 is 0.957 bits per heavy atom. The lowest BCUT2D eigenvalue weighted by molar-refractivity contribution is -0.690. The third kappa shape index (κ3) is 2.68. The molecule has 5 nitrogen and oxygen atoms in total. The minimum absolute atomic E-state index is 0.00801. The van der Waals surface area contributed by atoms with Gasteiger partial charge in [0.25, 0.3) is 0 Å². The minimum atomic E-state index is 0.00801. The maximum Gasteiger partial charge on any atom is 0.167 e. The molecule has 3 N–H and O–H groups in total. The first-order valence-electron chi connectivity index (χ1n) is 7.63. The van der Waals surface area contributed by atoms with E-state index in [4.69, 9.17) is 14.2 Å². The van der Waals surface area contributed by atoms with Crippen molar-refractivity contribution in [3.8, 4) is 23.0 Å². The Bertz CT molecular complexity index is 714. The van der Waals surface area contributed by atoms with Crippen LogP contribution in [0, 0.1) is 0 Å². The first kappa shape index (κ1) is 15.5. The number of rotatable bonds is 4. The zero-order chi connectivity index (χ0) is 16.4. The Balaban J connectivity index is 2.12. The summed E-state index contributed by atoms with van der Waals surface area (Å²) in [7, 11) is 4.84. The van der Waals surface area contributed by atoms with Crippen molar-refractivity contribution >= 4 is 0 Å². The fourth-order valence-corrected chi connectivity index (χ4v) is 3.22. The van der Waals surface area contributed by atoms with Crippen LogP contribution in [0.5, 0.6) is 23.0 Å². The van der Waals surface area contributed by atoms with E-state index in [-0.39, 0.29) is 11.8 Å². The molecule has 1 aliphatic heterocycles. The van der Waals surface area contributed by atoms with E-state index in [1.807, 2.05) is 24.3 Å². The van der Waals surface area contributed by atoms with Crippen LogP contribution < -0.4 is 19.5 Å². The lowest BCUT2D eigenvalue weighted by atomic mass is 9.89. The van der Waals surface area contributed by atoms with Gasteiger partial charge in [-0.1, -0.05) is 6.07 Å². The van der Waals surface area contributed by atoms with E-state index in [1.54, 1.807) is 27.4 Å². The van der Waals surface area contributed by atoms with Crippen molar-refractivity contribution in [2.45, 2.75) is 12.5 Å². The zero-order valence-electron chi connectivity index (χ0n) is 13.6. The number of methoxy groups -OCH3 is 3. The third-order valence-electron chi connectivity index (χ3n) is 4.38. The Morgan fingerprint density at radius 3 is 2.35 bits per heavy atom. The van der Waals surface area contributed by atoms with E-state index in [2.05, 4.69) is 5.32 Å². The molecular formula is C18H22NO4+. The molecule has 0 radical (unpaired) electrons. The number of phenolic OH excluding ortho intramolecular Hbond substituents is 1. The molecule has 0 bridgehead atoms. The number of nitrogens with two attached hydrogens (primary N) is 1. The van der Waals surface area contributed by atoms with Crippen LogP contribution in [0.2, 0.25) is 0 Å². The SMILES string of the molecule is COc1cc2c(cc1OC)[C@H](c1cccc(OC)c1O)[NH2+]CC2. The summed E-state index contributed by atoms with van der Waals surface area (Å²) in [4.78, 5) is 0. The van der Waals surface area contributed by atoms with Crippen molar-refractivity contribution in [2.24, 2.45) is 0 Å². The van der Waals surface area contributed by atoms with Crippen molar-refractivity contribution in [2.75, 3.05) is 27.9 Å². The maximum absolute atomic E-state index is 10.5. The van der Waals surface area contributed by atoms with Gasteiger partial charge in [0.05, 0.1) is 33.4 Å². The number of quaternary nitrogens is 1. The van der Waals surface area contributed by atoms with Gasteiger partial charge in [-0.2, -0.15) is 0 Å². The highest BCUT2D eigenvalue weighted by Crippen LogP contribution is 2.39. The number of phenols is 1. The molecule has 2 aromatic rings. The number of hydrogen-bond donors (Lipinski definition) is 2. The monoisotopic (exact) mass is 316 g/mol. The predicted octanol–water partition coefficient (Wildman–Crippen LogP) is 1.63. The van der Waals surface area contributed by atoms with Gasteiger partial charge >= 0.3 is 0 Å². The fourth-order valence-electron chi connectivity index (χ4n) is 3.22. The van der Waals surface area contributed by atoms with Crippen molar-refractivity contribution in [1.29, 1.82) is 0 Å². The Morgan fingerprint density at radius 2 is 1.65 bits per heavy atom. The molecule has 1 aliphatic rings. The Hall–Kier alpha value is -2.40. The number of hydrogen-bond acceptors (Lipinski definition) is 4. The average Bonchev–Trinajstić information content (AvgIpc) is 2.60. The maximum atomic E-state index is 10.5. The second-order valence-electron chi connectivity index (χ2n) is 5.56. The topological polar surface area (TPSA) is 64.5 Å². The molecule has 0 spiro atoms. The molecule has 5 heteroatoms. The van der Waals surface area contributed by atoms with E-state index in [0.29, 0.717) is 11.5 Å². The molecule has 0 aromatic heterocycles. The van der Waals surface area contributed by atoms with Crippen LogP contribution in [0.3, 0.4) is 0 Å². The number of ether oxygens (including phenoxy) is 3. The van der Waals surface area contributed by atoms with Crippen LogP contribution in [-0.2, 0) is 6.42 Å². The molecule has 3 rings (SSSR count). The Kier molecular flexibility index (Phi) is 4.30. The molecule has 0 amide bonds. The number of aromatic hydroxyl groups is 1. The van der Waals surface area contributed by atoms with Crippen LogP contribution in [0.25, 0.3) is 0 Å². The lowest BCUT2D eigenvalue weighted by Crippen LogP contribution is -2.87. The molecule has 1 atom stereocenters. The van der Waals surface area contributed by atoms with Crippen molar-refractivity contribution in [3.05, 3.63) is 47.0 Å². The van der Waals surface area contributed by atoms with Gasteiger partial charge in [0.15, 0.2) is 23.0 Å². The van der Waals surface area contributed by atoms with E-state index in [0.717, 1.165) is 29.8 Å². The summed E-state index contributed by atoms with van der Waals surface area (Å²) in [5.74, 6) is 2.12. The summed E-state index contributed by atoms with van der Waals surface area (Å²) in [6.07, 6.45) is 0.955. The van der Waals surface area contributed by atoms with Crippen LogP contribution in [0.15, 0.2) is 30.3 Å². The highest BCUT2D eigenvalue weighted by Gasteiger charge is 2.29. The standard InChI is InChI=1S/C18H21NO4/c1-21-14-6-4-5-12(18(14)20)17-13-10-16(23-3)15(22-2)9-11(13)7-8-19-17/h4-6,9-10,17,19-20H,7-8H2,1-3H3/p+1/t17-/m0/s1. The lowest BCUT2D eigenvalue weighted by Gasteiger charge is -2.26. The van der Waals surface area contributed by atoms with Crippen LogP contribution in [0.1, 0.15) is 22.7 Å². The summed E-state index contributed by atoms with van der Waals surface area (Å²) in [6, 6.07) is 9.64. The van der Waals surface area contributed by atoms with Crippen LogP contribution in [-0.4, -0.2) is 33.0 Å². The molecule has 2 aromatic carbocycles. The smallest absolute Gasteiger partial charge is 0.167 e. The van der Waals surface area contributed by atoms with Crippen LogP contribution in [0.4, 0.5) is 0 Å². The molecule has 0 unspecified atom stereocenters. The van der Waals surface area contributed by atoms with Gasteiger partial charge in [0.2, 0.25) is 0 Å². The second kappa shape index (κ2) is 6.38. The summed E-state index contributed by atoms with van der Waals surface area (Å²) < 4.78 is 16.1. The van der Waals surface area contributed by atoms with Gasteiger partial charge < -0.3 is 24.6 Å². The minimum Gasteiger partial charge on any atom is -0.504 e. The van der Waals surface area contributed by atoms with Gasteiger partial charge in [-0.3, -0.25) is 0 Å². The van der Waals surface area contributed by atoms with Gasteiger partial charge in [-0.25, -0.2) is 0 Å². The molecule has 122 valence electrons. The highest BCUT2D eigenvalue weighted by atomic mass is 16.5. The van der Waals surface area contributed by atoms with E-state index < -0.39 is 0 Å². The molecule has 0 saturated heterocycles. The summed E-state index contributed by atoms with van der Waals surface area (Å²) in [5, 5.41) is 12.7. The fraction of sp³-hybridized carbons (Fsp3) is 0.333. The average molecular weight is 316 g/mol.